The summed E-state index contributed by atoms with van der Waals surface area (Å²) in [5.41, 5.74) is 0.771. The summed E-state index contributed by atoms with van der Waals surface area (Å²) in [6.45, 7) is 3.46. The van der Waals surface area contributed by atoms with Gasteiger partial charge in [0.2, 0.25) is 5.91 Å². The first kappa shape index (κ1) is 16.4. The number of carbonyl (C=O) groups is 2. The van der Waals surface area contributed by atoms with Crippen molar-refractivity contribution >= 4 is 17.6 Å². The molecule has 0 saturated carbocycles. The van der Waals surface area contributed by atoms with Crippen LogP contribution in [0.1, 0.15) is 6.42 Å². The number of likely N-dealkylation sites (tertiary alicyclic amines) is 1. The van der Waals surface area contributed by atoms with Crippen molar-refractivity contribution in [2.24, 2.45) is 5.92 Å². The molecule has 134 valence electrons. The number of ether oxygens (including phenoxy) is 2. The van der Waals surface area contributed by atoms with Crippen LogP contribution in [0.5, 0.6) is 0 Å². The average Bonchev–Trinajstić information content (AvgIpc) is 2.96. The fourth-order valence-corrected chi connectivity index (χ4v) is 3.83. The molecule has 2 bridgehead atoms. The van der Waals surface area contributed by atoms with E-state index in [-0.39, 0.29) is 30.1 Å². The molecule has 0 aliphatic carbocycles. The molecule has 0 unspecified atom stereocenters. The zero-order chi connectivity index (χ0) is 17.2. The molecule has 4 rings (SSSR count). The smallest absolute Gasteiger partial charge is 0.322 e. The quantitative estimate of drug-likeness (QED) is 0.873. The number of nitrogens with one attached hydrogen (secondary N) is 1. The van der Waals surface area contributed by atoms with Gasteiger partial charge in [0, 0.05) is 31.9 Å². The molecule has 25 heavy (non-hydrogen) atoms. The number of fused-ring (bicyclic) bond motifs is 2. The molecule has 3 saturated heterocycles. The van der Waals surface area contributed by atoms with Crippen LogP contribution in [-0.4, -0.2) is 73.3 Å². The lowest BCUT2D eigenvalue weighted by atomic mass is 9.98. The largest absolute Gasteiger partial charge is 0.378 e. The van der Waals surface area contributed by atoms with Crippen LogP contribution in [-0.2, 0) is 14.3 Å². The molecule has 3 aliphatic rings. The molecule has 3 heterocycles. The van der Waals surface area contributed by atoms with Gasteiger partial charge in [-0.2, -0.15) is 0 Å². The van der Waals surface area contributed by atoms with E-state index in [1.807, 2.05) is 35.2 Å². The molecule has 0 spiro atoms. The first-order valence-electron chi connectivity index (χ1n) is 8.83. The molecular weight excluding hydrogens is 322 g/mol. The fraction of sp³-hybridized carbons (Fsp3) is 0.556. The minimum absolute atomic E-state index is 0.0599. The van der Waals surface area contributed by atoms with Crippen LogP contribution in [0.3, 0.4) is 0 Å². The lowest BCUT2D eigenvalue weighted by Gasteiger charge is -2.34. The third kappa shape index (κ3) is 3.48. The Hall–Kier alpha value is -2.12. The van der Waals surface area contributed by atoms with E-state index in [1.54, 1.807) is 4.90 Å². The van der Waals surface area contributed by atoms with Gasteiger partial charge in [-0.1, -0.05) is 18.2 Å². The Morgan fingerprint density at radius 2 is 1.80 bits per heavy atom. The number of hydrogen-bond donors (Lipinski definition) is 1. The van der Waals surface area contributed by atoms with E-state index in [0.29, 0.717) is 45.8 Å². The highest BCUT2D eigenvalue weighted by Gasteiger charge is 2.47. The fourth-order valence-electron chi connectivity index (χ4n) is 3.83. The minimum Gasteiger partial charge on any atom is -0.378 e. The van der Waals surface area contributed by atoms with E-state index in [4.69, 9.17) is 9.47 Å². The van der Waals surface area contributed by atoms with Gasteiger partial charge in [-0.25, -0.2) is 4.79 Å². The van der Waals surface area contributed by atoms with Crippen LogP contribution in [0.15, 0.2) is 30.3 Å². The van der Waals surface area contributed by atoms with Gasteiger partial charge in [0.25, 0.3) is 0 Å². The molecule has 0 radical (unpaired) electrons. The lowest BCUT2D eigenvalue weighted by molar-refractivity contribution is -0.142. The number of urea groups is 1. The van der Waals surface area contributed by atoms with E-state index in [9.17, 15) is 9.59 Å². The number of morpholine rings is 2. The van der Waals surface area contributed by atoms with E-state index >= 15 is 0 Å². The molecule has 7 heteroatoms. The maximum Gasteiger partial charge on any atom is 0.322 e. The topological polar surface area (TPSA) is 71.1 Å². The maximum atomic E-state index is 12.8. The molecule has 1 N–H and O–H groups in total. The third-order valence-electron chi connectivity index (χ3n) is 5.11. The number of carbonyl (C=O) groups excluding carboxylic acids is 2. The van der Waals surface area contributed by atoms with Crippen molar-refractivity contribution in [3.8, 4) is 0 Å². The van der Waals surface area contributed by atoms with Crippen molar-refractivity contribution in [3.05, 3.63) is 30.3 Å². The van der Waals surface area contributed by atoms with Crippen LogP contribution < -0.4 is 5.32 Å². The summed E-state index contributed by atoms with van der Waals surface area (Å²) in [5, 5.41) is 2.91. The zero-order valence-corrected chi connectivity index (χ0v) is 14.1. The van der Waals surface area contributed by atoms with E-state index < -0.39 is 0 Å². The Balaban J connectivity index is 1.38. The number of para-hydroxylation sites is 1. The molecule has 1 aromatic carbocycles. The number of nitrogens with zero attached hydrogens (tertiary/aromatic N) is 2. The standard InChI is InChI=1S/C18H23N3O4/c22-17(20-6-8-24-9-7-20)15-10-14-11-21(12-16(15)25-14)18(23)19-13-4-2-1-3-5-13/h1-5,14-16H,6-12H2,(H,19,23)/t14-,15+,16-/m1/s1. The van der Waals surface area contributed by atoms with Crippen molar-refractivity contribution in [2.45, 2.75) is 18.6 Å². The van der Waals surface area contributed by atoms with Crippen molar-refractivity contribution < 1.29 is 19.1 Å². The lowest BCUT2D eigenvalue weighted by Crippen LogP contribution is -2.50. The highest BCUT2D eigenvalue weighted by atomic mass is 16.5. The predicted octanol–water partition coefficient (Wildman–Crippen LogP) is 1.17. The molecule has 3 amide bonds. The zero-order valence-electron chi connectivity index (χ0n) is 14.1. The molecule has 3 aliphatic heterocycles. The van der Waals surface area contributed by atoms with Crippen LogP contribution >= 0.6 is 0 Å². The van der Waals surface area contributed by atoms with Crippen molar-refractivity contribution in [1.29, 1.82) is 0 Å². The summed E-state index contributed by atoms with van der Waals surface area (Å²) >= 11 is 0. The normalized spacial score (nSPS) is 28.7. The van der Waals surface area contributed by atoms with E-state index in [1.165, 1.54) is 0 Å². The van der Waals surface area contributed by atoms with Gasteiger partial charge in [-0.05, 0) is 18.6 Å². The summed E-state index contributed by atoms with van der Waals surface area (Å²) in [7, 11) is 0. The molecule has 3 atom stereocenters. The highest BCUT2D eigenvalue weighted by molar-refractivity contribution is 5.89. The Bertz CT molecular complexity index is 632. The van der Waals surface area contributed by atoms with Gasteiger partial charge in [-0.3, -0.25) is 4.79 Å². The van der Waals surface area contributed by atoms with Crippen LogP contribution in [0.4, 0.5) is 10.5 Å². The first-order valence-corrected chi connectivity index (χ1v) is 8.83. The molecule has 0 aromatic heterocycles. The van der Waals surface area contributed by atoms with Gasteiger partial charge in [0.05, 0.1) is 31.3 Å². The highest BCUT2D eigenvalue weighted by Crippen LogP contribution is 2.33. The van der Waals surface area contributed by atoms with Crippen molar-refractivity contribution in [3.63, 3.8) is 0 Å². The number of hydrogen-bond acceptors (Lipinski definition) is 4. The summed E-state index contributed by atoms with van der Waals surface area (Å²) in [6, 6.07) is 9.26. The molecule has 3 fully saturated rings. The Kier molecular flexibility index (Phi) is 4.59. The summed E-state index contributed by atoms with van der Waals surface area (Å²) in [4.78, 5) is 28.9. The van der Waals surface area contributed by atoms with Gasteiger partial charge in [-0.15, -0.1) is 0 Å². The predicted molar refractivity (Wildman–Crippen MR) is 91.2 cm³/mol. The van der Waals surface area contributed by atoms with Gasteiger partial charge in [0.15, 0.2) is 0 Å². The monoisotopic (exact) mass is 345 g/mol. The van der Waals surface area contributed by atoms with Gasteiger partial charge in [0.1, 0.15) is 0 Å². The minimum atomic E-state index is -0.212. The Morgan fingerprint density at radius 3 is 2.56 bits per heavy atom. The number of anilines is 1. The second-order valence-electron chi connectivity index (χ2n) is 6.78. The van der Waals surface area contributed by atoms with Crippen molar-refractivity contribution in [2.75, 3.05) is 44.7 Å². The van der Waals surface area contributed by atoms with Crippen LogP contribution in [0.25, 0.3) is 0 Å². The Morgan fingerprint density at radius 1 is 1.04 bits per heavy atom. The SMILES string of the molecule is O=C(Nc1ccccc1)N1C[C@H]2C[C@H](C(=O)N3CCOCC3)[C@@H](C1)O2. The Labute approximate surface area is 146 Å². The van der Waals surface area contributed by atoms with E-state index in [0.717, 1.165) is 5.69 Å². The maximum absolute atomic E-state index is 12.8. The van der Waals surface area contributed by atoms with Crippen molar-refractivity contribution in [1.82, 2.24) is 9.80 Å². The number of benzene rings is 1. The third-order valence-corrected chi connectivity index (χ3v) is 5.11. The van der Waals surface area contributed by atoms with Gasteiger partial charge >= 0.3 is 6.03 Å². The summed E-state index contributed by atoms with van der Waals surface area (Å²) in [5.74, 6) is -0.0151. The second kappa shape index (κ2) is 7.01. The van der Waals surface area contributed by atoms with Crippen LogP contribution in [0, 0.1) is 5.92 Å². The second-order valence-corrected chi connectivity index (χ2v) is 6.78. The summed E-state index contributed by atoms with van der Waals surface area (Å²) in [6.07, 6.45) is 0.418. The number of amides is 3. The van der Waals surface area contributed by atoms with E-state index in [2.05, 4.69) is 5.32 Å². The first-order chi connectivity index (χ1) is 12.2. The molecule has 7 nitrogen and oxygen atoms in total. The average molecular weight is 345 g/mol. The van der Waals surface area contributed by atoms with Gasteiger partial charge < -0.3 is 24.6 Å². The number of rotatable bonds is 2. The molecular formula is C18H23N3O4. The molecule has 1 aromatic rings. The summed E-state index contributed by atoms with van der Waals surface area (Å²) < 4.78 is 11.3. The van der Waals surface area contributed by atoms with Crippen LogP contribution in [0.2, 0.25) is 0 Å².